The molecule has 6 nitrogen and oxygen atoms in total. The van der Waals surface area contributed by atoms with E-state index >= 15 is 0 Å². The van der Waals surface area contributed by atoms with Gasteiger partial charge in [0, 0.05) is 30.6 Å². The number of nitrogens with zero attached hydrogens (tertiary/aromatic N) is 1. The van der Waals surface area contributed by atoms with Crippen LogP contribution in [0, 0.1) is 5.82 Å². The van der Waals surface area contributed by atoms with Crippen molar-refractivity contribution in [2.45, 2.75) is 13.2 Å². The van der Waals surface area contributed by atoms with Crippen molar-refractivity contribution in [2.24, 2.45) is 0 Å². The summed E-state index contributed by atoms with van der Waals surface area (Å²) in [5.74, 6) is -1.20. The molecule has 0 atom stereocenters. The maximum atomic E-state index is 13.5. The van der Waals surface area contributed by atoms with Crippen molar-refractivity contribution in [3.05, 3.63) is 94.0 Å². The van der Waals surface area contributed by atoms with E-state index < -0.39 is 17.2 Å². The standard InChI is InChI=1S/C19H15FN2O4/c20-15-6-2-1-5-14(15)11-25-18-12-26-17(8-16(18)23)19(24)22-10-13-4-3-7-21-9-13/h1-9,12H,10-11H2,(H,22,24). The third-order valence-electron chi connectivity index (χ3n) is 3.54. The molecule has 0 aliphatic rings. The van der Waals surface area contributed by atoms with Gasteiger partial charge in [-0.1, -0.05) is 24.3 Å². The van der Waals surface area contributed by atoms with E-state index in [1.807, 2.05) is 6.07 Å². The number of halogens is 1. The van der Waals surface area contributed by atoms with Crippen LogP contribution in [0.5, 0.6) is 5.75 Å². The van der Waals surface area contributed by atoms with E-state index in [0.717, 1.165) is 17.9 Å². The predicted molar refractivity (Wildman–Crippen MR) is 91.1 cm³/mol. The molecule has 2 heterocycles. The number of rotatable bonds is 6. The Kier molecular flexibility index (Phi) is 5.38. The van der Waals surface area contributed by atoms with Gasteiger partial charge < -0.3 is 14.5 Å². The molecule has 132 valence electrons. The fourth-order valence-corrected chi connectivity index (χ4v) is 2.17. The van der Waals surface area contributed by atoms with Gasteiger partial charge in [-0.2, -0.15) is 0 Å². The smallest absolute Gasteiger partial charge is 0.287 e. The quantitative estimate of drug-likeness (QED) is 0.736. The van der Waals surface area contributed by atoms with Gasteiger partial charge >= 0.3 is 0 Å². The van der Waals surface area contributed by atoms with Crippen molar-refractivity contribution in [2.75, 3.05) is 0 Å². The Balaban J connectivity index is 1.62. The highest BCUT2D eigenvalue weighted by molar-refractivity contribution is 5.91. The SMILES string of the molecule is O=C(NCc1cccnc1)c1cc(=O)c(OCc2ccccc2F)co1. The number of carbonyl (C=O) groups is 1. The van der Waals surface area contributed by atoms with Crippen LogP contribution in [0.2, 0.25) is 0 Å². The summed E-state index contributed by atoms with van der Waals surface area (Å²) < 4.78 is 24.0. The Morgan fingerprint density at radius 2 is 2.08 bits per heavy atom. The van der Waals surface area contributed by atoms with Crippen LogP contribution in [0.4, 0.5) is 4.39 Å². The van der Waals surface area contributed by atoms with E-state index in [9.17, 15) is 14.0 Å². The maximum absolute atomic E-state index is 13.5. The Labute approximate surface area is 148 Å². The minimum Gasteiger partial charge on any atom is -0.482 e. The van der Waals surface area contributed by atoms with E-state index in [4.69, 9.17) is 9.15 Å². The second kappa shape index (κ2) is 8.06. The highest BCUT2D eigenvalue weighted by Crippen LogP contribution is 2.12. The molecule has 0 unspecified atom stereocenters. The lowest BCUT2D eigenvalue weighted by molar-refractivity contribution is 0.0919. The van der Waals surface area contributed by atoms with E-state index in [2.05, 4.69) is 10.3 Å². The molecule has 0 saturated carbocycles. The molecule has 1 aromatic carbocycles. The normalized spacial score (nSPS) is 10.3. The van der Waals surface area contributed by atoms with Crippen LogP contribution in [-0.4, -0.2) is 10.9 Å². The van der Waals surface area contributed by atoms with Gasteiger partial charge in [0.25, 0.3) is 5.91 Å². The van der Waals surface area contributed by atoms with Gasteiger partial charge in [-0.05, 0) is 17.7 Å². The molecule has 0 fully saturated rings. The van der Waals surface area contributed by atoms with Crippen LogP contribution in [0.3, 0.4) is 0 Å². The Hall–Kier alpha value is -3.48. The average molecular weight is 354 g/mol. The van der Waals surface area contributed by atoms with Gasteiger partial charge in [0.2, 0.25) is 11.2 Å². The number of amides is 1. The van der Waals surface area contributed by atoms with Crippen molar-refractivity contribution in [1.29, 1.82) is 0 Å². The largest absolute Gasteiger partial charge is 0.482 e. The second-order valence-electron chi connectivity index (χ2n) is 5.40. The molecule has 1 N–H and O–H groups in total. The lowest BCUT2D eigenvalue weighted by Crippen LogP contribution is -2.24. The molecular weight excluding hydrogens is 339 g/mol. The molecule has 3 rings (SSSR count). The Morgan fingerprint density at radius 3 is 2.81 bits per heavy atom. The van der Waals surface area contributed by atoms with Crippen molar-refractivity contribution in [3.8, 4) is 5.75 Å². The maximum Gasteiger partial charge on any atom is 0.287 e. The minimum absolute atomic E-state index is 0.0999. The number of pyridine rings is 1. The van der Waals surface area contributed by atoms with Gasteiger partial charge in [0.05, 0.1) is 0 Å². The van der Waals surface area contributed by atoms with Crippen LogP contribution in [0.15, 0.2) is 70.3 Å². The zero-order valence-corrected chi connectivity index (χ0v) is 13.6. The lowest BCUT2D eigenvalue weighted by Gasteiger charge is -2.07. The molecule has 2 aromatic heterocycles. The number of hydrogen-bond donors (Lipinski definition) is 1. The summed E-state index contributed by atoms with van der Waals surface area (Å²) in [6, 6.07) is 10.7. The van der Waals surface area contributed by atoms with Gasteiger partial charge in [-0.15, -0.1) is 0 Å². The summed E-state index contributed by atoms with van der Waals surface area (Å²) >= 11 is 0. The van der Waals surface area contributed by atoms with Crippen LogP contribution < -0.4 is 15.5 Å². The van der Waals surface area contributed by atoms with Gasteiger partial charge in [-0.25, -0.2) is 4.39 Å². The lowest BCUT2D eigenvalue weighted by atomic mass is 10.2. The Morgan fingerprint density at radius 1 is 1.23 bits per heavy atom. The first-order valence-electron chi connectivity index (χ1n) is 7.79. The Bertz CT molecular complexity index is 957. The van der Waals surface area contributed by atoms with Gasteiger partial charge in [-0.3, -0.25) is 14.6 Å². The highest BCUT2D eigenvalue weighted by atomic mass is 19.1. The van der Waals surface area contributed by atoms with Gasteiger partial charge in [0.1, 0.15) is 18.7 Å². The molecule has 26 heavy (non-hydrogen) atoms. The van der Waals surface area contributed by atoms with E-state index in [1.54, 1.807) is 36.7 Å². The van der Waals surface area contributed by atoms with Crippen LogP contribution in [0.1, 0.15) is 21.7 Å². The van der Waals surface area contributed by atoms with Crippen LogP contribution >= 0.6 is 0 Å². The van der Waals surface area contributed by atoms with E-state index in [0.29, 0.717) is 5.56 Å². The monoisotopic (exact) mass is 354 g/mol. The average Bonchev–Trinajstić information content (AvgIpc) is 2.67. The number of nitrogens with one attached hydrogen (secondary N) is 1. The fourth-order valence-electron chi connectivity index (χ4n) is 2.17. The molecule has 0 saturated heterocycles. The summed E-state index contributed by atoms with van der Waals surface area (Å²) in [6.07, 6.45) is 4.29. The zero-order chi connectivity index (χ0) is 18.4. The fraction of sp³-hybridized carbons (Fsp3) is 0.105. The summed E-state index contributed by atoms with van der Waals surface area (Å²) in [5, 5.41) is 2.63. The number of benzene rings is 1. The third-order valence-corrected chi connectivity index (χ3v) is 3.54. The summed E-state index contributed by atoms with van der Waals surface area (Å²) in [4.78, 5) is 28.1. The number of ether oxygens (including phenoxy) is 1. The summed E-state index contributed by atoms with van der Waals surface area (Å²) in [5.41, 5.74) is 0.595. The second-order valence-corrected chi connectivity index (χ2v) is 5.40. The predicted octanol–water partition coefficient (Wildman–Crippen LogP) is 2.68. The topological polar surface area (TPSA) is 81.4 Å². The summed E-state index contributed by atoms with van der Waals surface area (Å²) in [6.45, 7) is 0.131. The molecule has 0 aliphatic carbocycles. The van der Waals surface area contributed by atoms with Crippen molar-refractivity contribution < 1.29 is 18.3 Å². The first-order chi connectivity index (χ1) is 12.6. The third kappa shape index (κ3) is 4.32. The van der Waals surface area contributed by atoms with E-state index in [1.165, 1.54) is 6.07 Å². The van der Waals surface area contributed by atoms with Crippen LogP contribution in [0.25, 0.3) is 0 Å². The number of hydrogen-bond acceptors (Lipinski definition) is 5. The minimum atomic E-state index is -0.536. The highest BCUT2D eigenvalue weighted by Gasteiger charge is 2.12. The van der Waals surface area contributed by atoms with E-state index in [-0.39, 0.29) is 24.7 Å². The zero-order valence-electron chi connectivity index (χ0n) is 13.6. The van der Waals surface area contributed by atoms with Crippen molar-refractivity contribution in [3.63, 3.8) is 0 Å². The first-order valence-corrected chi connectivity index (χ1v) is 7.79. The number of carbonyl (C=O) groups excluding carboxylic acids is 1. The van der Waals surface area contributed by atoms with Crippen molar-refractivity contribution >= 4 is 5.91 Å². The molecule has 0 aliphatic heterocycles. The molecular formula is C19H15FN2O4. The first kappa shape index (κ1) is 17.3. The molecule has 0 radical (unpaired) electrons. The number of aromatic nitrogens is 1. The molecule has 1 amide bonds. The molecule has 7 heteroatoms. The molecule has 0 bridgehead atoms. The molecule has 3 aromatic rings. The molecule has 0 spiro atoms. The van der Waals surface area contributed by atoms with Gasteiger partial charge in [0.15, 0.2) is 5.76 Å². The summed E-state index contributed by atoms with van der Waals surface area (Å²) in [7, 11) is 0. The van der Waals surface area contributed by atoms with Crippen molar-refractivity contribution in [1.82, 2.24) is 10.3 Å². The van der Waals surface area contributed by atoms with Crippen LogP contribution in [-0.2, 0) is 13.2 Å².